The third kappa shape index (κ3) is 0.862. The predicted octanol–water partition coefficient (Wildman–Crippen LogP) is 1.55. The first-order valence-electron chi connectivity index (χ1n) is 3.91. The Balaban J connectivity index is 2.62. The van der Waals surface area contributed by atoms with E-state index in [0.717, 1.165) is 29.9 Å². The molecular formula is C9H12N2. The molecule has 11 heavy (non-hydrogen) atoms. The van der Waals surface area contributed by atoms with Gasteiger partial charge in [-0.1, -0.05) is 12.1 Å². The molecule has 2 heteroatoms. The molecule has 2 rings (SSSR count). The number of fused-ring (bicyclic) bond motifs is 1. The predicted molar refractivity (Wildman–Crippen MR) is 47.8 cm³/mol. The van der Waals surface area contributed by atoms with Gasteiger partial charge >= 0.3 is 0 Å². The third-order valence-corrected chi connectivity index (χ3v) is 2.25. The van der Waals surface area contributed by atoms with Crippen molar-refractivity contribution in [2.45, 2.75) is 13.3 Å². The van der Waals surface area contributed by atoms with E-state index in [1.807, 2.05) is 6.92 Å². The summed E-state index contributed by atoms with van der Waals surface area (Å²) in [6.07, 6.45) is 1.11. The number of anilines is 2. The topological polar surface area (TPSA) is 38.0 Å². The largest absolute Gasteiger partial charge is 0.397 e. The maximum Gasteiger partial charge on any atom is 0.0609 e. The van der Waals surface area contributed by atoms with E-state index >= 15 is 0 Å². The molecular weight excluding hydrogens is 136 g/mol. The zero-order valence-electron chi connectivity index (χ0n) is 6.65. The fourth-order valence-corrected chi connectivity index (χ4v) is 1.51. The summed E-state index contributed by atoms with van der Waals surface area (Å²) in [4.78, 5) is 0. The normalized spacial score (nSPS) is 14.3. The Hall–Kier alpha value is -1.18. The number of nitrogens with two attached hydrogens (primary N) is 1. The molecule has 0 spiro atoms. The molecule has 0 unspecified atom stereocenters. The molecule has 0 bridgehead atoms. The molecule has 0 radical (unpaired) electrons. The molecule has 0 fully saturated rings. The second-order valence-corrected chi connectivity index (χ2v) is 3.01. The van der Waals surface area contributed by atoms with Crippen LogP contribution in [0.3, 0.4) is 0 Å². The summed E-state index contributed by atoms with van der Waals surface area (Å²) in [5.41, 5.74) is 10.5. The molecule has 2 nitrogen and oxygen atoms in total. The molecule has 0 aliphatic carbocycles. The maximum absolute atomic E-state index is 5.87. The molecule has 0 amide bonds. The van der Waals surface area contributed by atoms with Gasteiger partial charge < -0.3 is 11.1 Å². The standard InChI is InChI=1S/C9H12N2/c1-6-2-3-7-4-5-11-9(7)8(6)10/h2-3,11H,4-5,10H2,1H3. The van der Waals surface area contributed by atoms with Gasteiger partial charge in [-0.3, -0.25) is 0 Å². The van der Waals surface area contributed by atoms with E-state index in [9.17, 15) is 0 Å². The van der Waals surface area contributed by atoms with Crippen molar-refractivity contribution < 1.29 is 0 Å². The van der Waals surface area contributed by atoms with Crippen LogP contribution in [-0.4, -0.2) is 6.54 Å². The molecule has 0 saturated heterocycles. The average molecular weight is 148 g/mol. The molecule has 1 aliphatic rings. The van der Waals surface area contributed by atoms with Crippen LogP contribution in [0, 0.1) is 6.92 Å². The van der Waals surface area contributed by atoms with Crippen molar-refractivity contribution in [1.29, 1.82) is 0 Å². The van der Waals surface area contributed by atoms with Crippen LogP contribution >= 0.6 is 0 Å². The molecule has 1 aliphatic heterocycles. The second kappa shape index (κ2) is 2.16. The van der Waals surface area contributed by atoms with E-state index in [2.05, 4.69) is 17.4 Å². The molecule has 3 N–H and O–H groups in total. The minimum atomic E-state index is 0.917. The number of benzene rings is 1. The third-order valence-electron chi connectivity index (χ3n) is 2.25. The Kier molecular flexibility index (Phi) is 1.28. The van der Waals surface area contributed by atoms with Gasteiger partial charge in [-0.25, -0.2) is 0 Å². The van der Waals surface area contributed by atoms with Crippen LogP contribution in [0.15, 0.2) is 12.1 Å². The van der Waals surface area contributed by atoms with Crippen molar-refractivity contribution in [3.05, 3.63) is 23.3 Å². The van der Waals surface area contributed by atoms with E-state index in [-0.39, 0.29) is 0 Å². The number of aryl methyl sites for hydroxylation is 1. The highest BCUT2D eigenvalue weighted by Crippen LogP contribution is 2.30. The summed E-state index contributed by atoms with van der Waals surface area (Å²) in [6, 6.07) is 4.24. The quantitative estimate of drug-likeness (QED) is 0.548. The van der Waals surface area contributed by atoms with Crippen molar-refractivity contribution in [3.63, 3.8) is 0 Å². The molecule has 1 aromatic carbocycles. The molecule has 0 saturated carbocycles. The highest BCUT2D eigenvalue weighted by Gasteiger charge is 2.12. The zero-order valence-corrected chi connectivity index (χ0v) is 6.65. The van der Waals surface area contributed by atoms with Crippen molar-refractivity contribution >= 4 is 11.4 Å². The molecule has 58 valence electrons. The minimum absolute atomic E-state index is 0.917. The van der Waals surface area contributed by atoms with Crippen molar-refractivity contribution in [3.8, 4) is 0 Å². The van der Waals surface area contributed by atoms with Gasteiger partial charge in [0, 0.05) is 6.54 Å². The van der Waals surface area contributed by atoms with Crippen LogP contribution in [0.1, 0.15) is 11.1 Å². The molecule has 1 heterocycles. The number of nitrogen functional groups attached to an aromatic ring is 1. The van der Waals surface area contributed by atoms with Gasteiger partial charge in [-0.2, -0.15) is 0 Å². The van der Waals surface area contributed by atoms with Crippen LogP contribution in [0.25, 0.3) is 0 Å². The van der Waals surface area contributed by atoms with Crippen molar-refractivity contribution in [2.24, 2.45) is 0 Å². The first-order valence-corrected chi connectivity index (χ1v) is 3.91. The second-order valence-electron chi connectivity index (χ2n) is 3.01. The Morgan fingerprint density at radius 3 is 3.09 bits per heavy atom. The lowest BCUT2D eigenvalue weighted by Crippen LogP contribution is -1.97. The summed E-state index contributed by atoms with van der Waals surface area (Å²) < 4.78 is 0. The van der Waals surface area contributed by atoms with Crippen LogP contribution in [0.4, 0.5) is 11.4 Å². The van der Waals surface area contributed by atoms with E-state index < -0.39 is 0 Å². The van der Waals surface area contributed by atoms with E-state index in [4.69, 9.17) is 5.73 Å². The first-order chi connectivity index (χ1) is 5.29. The SMILES string of the molecule is Cc1ccc2c(c1N)NCC2. The highest BCUT2D eigenvalue weighted by molar-refractivity contribution is 5.75. The van der Waals surface area contributed by atoms with Gasteiger partial charge in [0.15, 0.2) is 0 Å². The smallest absolute Gasteiger partial charge is 0.0609 e. The Labute approximate surface area is 66.4 Å². The summed E-state index contributed by atoms with van der Waals surface area (Å²) in [6.45, 7) is 3.07. The van der Waals surface area contributed by atoms with Crippen molar-refractivity contribution in [2.75, 3.05) is 17.6 Å². The van der Waals surface area contributed by atoms with Crippen LogP contribution in [-0.2, 0) is 6.42 Å². The average Bonchev–Trinajstić information content (AvgIpc) is 2.45. The zero-order chi connectivity index (χ0) is 7.84. The van der Waals surface area contributed by atoms with Crippen LogP contribution in [0.2, 0.25) is 0 Å². The van der Waals surface area contributed by atoms with Gasteiger partial charge in [-0.05, 0) is 24.5 Å². The first kappa shape index (κ1) is 6.53. The lowest BCUT2D eigenvalue weighted by molar-refractivity contribution is 1.11. The van der Waals surface area contributed by atoms with Gasteiger partial charge in [0.05, 0.1) is 11.4 Å². The lowest BCUT2D eigenvalue weighted by atomic mass is 10.1. The monoisotopic (exact) mass is 148 g/mol. The summed E-state index contributed by atoms with van der Waals surface area (Å²) in [7, 11) is 0. The lowest BCUT2D eigenvalue weighted by Gasteiger charge is -2.06. The maximum atomic E-state index is 5.87. The summed E-state index contributed by atoms with van der Waals surface area (Å²) >= 11 is 0. The molecule has 0 atom stereocenters. The number of hydrogen-bond acceptors (Lipinski definition) is 2. The summed E-state index contributed by atoms with van der Waals surface area (Å²) in [5, 5.41) is 3.28. The van der Waals surface area contributed by atoms with E-state index in [1.54, 1.807) is 0 Å². The fraction of sp³-hybridized carbons (Fsp3) is 0.333. The molecule has 1 aromatic rings. The Morgan fingerprint density at radius 2 is 2.27 bits per heavy atom. The minimum Gasteiger partial charge on any atom is -0.397 e. The van der Waals surface area contributed by atoms with Gasteiger partial charge in [0.1, 0.15) is 0 Å². The summed E-state index contributed by atoms with van der Waals surface area (Å²) in [5.74, 6) is 0. The Bertz CT molecular complexity index is 292. The number of nitrogens with one attached hydrogen (secondary N) is 1. The van der Waals surface area contributed by atoms with Gasteiger partial charge in [0.25, 0.3) is 0 Å². The van der Waals surface area contributed by atoms with Gasteiger partial charge in [-0.15, -0.1) is 0 Å². The van der Waals surface area contributed by atoms with E-state index in [0.29, 0.717) is 0 Å². The Morgan fingerprint density at radius 1 is 1.45 bits per heavy atom. The fourth-order valence-electron chi connectivity index (χ4n) is 1.51. The molecule has 0 aromatic heterocycles. The van der Waals surface area contributed by atoms with E-state index in [1.165, 1.54) is 5.56 Å². The van der Waals surface area contributed by atoms with Crippen LogP contribution in [0.5, 0.6) is 0 Å². The van der Waals surface area contributed by atoms with Crippen molar-refractivity contribution in [1.82, 2.24) is 0 Å². The van der Waals surface area contributed by atoms with Gasteiger partial charge in [0.2, 0.25) is 0 Å². The highest BCUT2D eigenvalue weighted by atomic mass is 14.9. The van der Waals surface area contributed by atoms with Crippen LogP contribution < -0.4 is 11.1 Å². The number of rotatable bonds is 0. The number of hydrogen-bond donors (Lipinski definition) is 2.